The van der Waals surface area contributed by atoms with Crippen LogP contribution in [0.15, 0.2) is 34.0 Å². The summed E-state index contributed by atoms with van der Waals surface area (Å²) in [4.78, 5) is 25.4. The second kappa shape index (κ2) is 9.97. The molecule has 0 aliphatic carbocycles. The van der Waals surface area contributed by atoms with Gasteiger partial charge < -0.3 is 19.5 Å². The van der Waals surface area contributed by atoms with Gasteiger partial charge in [-0.1, -0.05) is 37.0 Å². The van der Waals surface area contributed by atoms with Crippen LogP contribution in [0, 0.1) is 0 Å². The smallest absolute Gasteiger partial charge is 0.402 e. The number of benzene rings is 1. The van der Waals surface area contributed by atoms with Gasteiger partial charge in [0, 0.05) is 16.8 Å². The number of halogens is 2. The van der Waals surface area contributed by atoms with Gasteiger partial charge in [0.25, 0.3) is 5.56 Å². The highest BCUT2D eigenvalue weighted by atomic mass is 35.5. The summed E-state index contributed by atoms with van der Waals surface area (Å²) in [6.07, 6.45) is -0.539. The van der Waals surface area contributed by atoms with Gasteiger partial charge in [-0.25, -0.2) is 9.32 Å². The van der Waals surface area contributed by atoms with Crippen molar-refractivity contribution in [3.8, 4) is 5.75 Å². The molecular formula is C18H21Cl2N2O8P. The Labute approximate surface area is 188 Å². The molecule has 3 heterocycles. The number of fused-ring (bicyclic) bond motifs is 1. The van der Waals surface area contributed by atoms with Crippen LogP contribution in [-0.4, -0.2) is 31.8 Å². The Kier molecular flexibility index (Phi) is 7.77. The van der Waals surface area contributed by atoms with Crippen molar-refractivity contribution in [2.75, 3.05) is 0 Å². The van der Waals surface area contributed by atoms with E-state index in [1.807, 2.05) is 13.8 Å². The van der Waals surface area contributed by atoms with E-state index in [2.05, 4.69) is 4.98 Å². The lowest BCUT2D eigenvalue weighted by atomic mass is 10.2. The van der Waals surface area contributed by atoms with E-state index in [1.165, 1.54) is 0 Å². The summed E-state index contributed by atoms with van der Waals surface area (Å²) in [7, 11) is -2.12. The summed E-state index contributed by atoms with van der Waals surface area (Å²) in [6, 6.07) is 4.93. The molecule has 4 rings (SSSR count). The average Bonchev–Trinajstić information content (AvgIpc) is 3.23. The molecule has 1 fully saturated rings. The second-order valence-electron chi connectivity index (χ2n) is 6.39. The van der Waals surface area contributed by atoms with E-state index in [9.17, 15) is 19.8 Å². The van der Waals surface area contributed by atoms with Crippen LogP contribution >= 0.6 is 31.8 Å². The fourth-order valence-corrected chi connectivity index (χ4v) is 4.38. The van der Waals surface area contributed by atoms with E-state index < -0.39 is 38.2 Å². The summed E-state index contributed by atoms with van der Waals surface area (Å²) in [5, 5.41) is 21.0. The fourth-order valence-electron chi connectivity index (χ4n) is 2.97. The fraction of sp³-hybridized carbons (Fsp3) is 0.444. The lowest BCUT2D eigenvalue weighted by Crippen LogP contribution is -2.44. The van der Waals surface area contributed by atoms with Gasteiger partial charge in [0.2, 0.25) is 0 Å². The minimum Gasteiger partial charge on any atom is -0.426 e. The number of nitrogens with one attached hydrogen (secondary N) is 1. The number of rotatable bonds is 4. The van der Waals surface area contributed by atoms with Gasteiger partial charge in [-0.05, 0) is 31.0 Å². The molecule has 170 valence electrons. The van der Waals surface area contributed by atoms with E-state index in [0.717, 1.165) is 10.8 Å². The Bertz CT molecular complexity index is 1040. The van der Waals surface area contributed by atoms with E-state index >= 15 is 0 Å². The number of nitrogens with zero attached hydrogens (tertiary/aromatic N) is 1. The van der Waals surface area contributed by atoms with Crippen LogP contribution in [0.1, 0.15) is 38.5 Å². The molecular weight excluding hydrogens is 474 g/mol. The molecule has 1 aromatic carbocycles. The minimum atomic E-state index is -2.74. The zero-order chi connectivity index (χ0) is 22.8. The van der Waals surface area contributed by atoms with Crippen molar-refractivity contribution < 1.29 is 28.5 Å². The summed E-state index contributed by atoms with van der Waals surface area (Å²) in [5.41, 5.74) is -0.751. The van der Waals surface area contributed by atoms with E-state index in [0.29, 0.717) is 16.3 Å². The zero-order valence-corrected chi connectivity index (χ0v) is 19.0. The molecule has 3 unspecified atom stereocenters. The lowest BCUT2D eigenvalue weighted by Gasteiger charge is -2.32. The first kappa shape index (κ1) is 24.2. The molecule has 10 nitrogen and oxygen atoms in total. The molecule has 0 bridgehead atoms. The number of H-pyrrole nitrogens is 1. The van der Waals surface area contributed by atoms with E-state index in [-0.39, 0.29) is 24.5 Å². The van der Waals surface area contributed by atoms with Crippen LogP contribution in [0.5, 0.6) is 5.75 Å². The molecule has 0 radical (unpaired) electrons. The quantitative estimate of drug-likeness (QED) is 0.436. The Hall–Kier alpha value is -1.49. The average molecular weight is 495 g/mol. The van der Waals surface area contributed by atoms with Crippen molar-refractivity contribution in [2.24, 2.45) is 0 Å². The number of aromatic nitrogens is 2. The van der Waals surface area contributed by atoms with Crippen LogP contribution in [0.3, 0.4) is 0 Å². The maximum Gasteiger partial charge on any atom is 0.402 e. The van der Waals surface area contributed by atoms with Crippen molar-refractivity contribution in [1.29, 1.82) is 0 Å². The Morgan fingerprint density at radius 3 is 2.74 bits per heavy atom. The number of aliphatic hydroxyl groups is 2. The molecule has 3 N–H and O–H groups in total. The monoisotopic (exact) mass is 494 g/mol. The van der Waals surface area contributed by atoms with E-state index in [4.69, 9.17) is 41.5 Å². The molecule has 0 saturated carbocycles. The van der Waals surface area contributed by atoms with Crippen LogP contribution in [-0.2, 0) is 20.4 Å². The van der Waals surface area contributed by atoms with Crippen LogP contribution in [0.25, 0.3) is 0 Å². The summed E-state index contributed by atoms with van der Waals surface area (Å²) in [5.74, 6) is -2.28. The molecule has 2 aliphatic heterocycles. The third-order valence-corrected chi connectivity index (χ3v) is 5.99. The number of hydrogen-bond acceptors (Lipinski definition) is 8. The topological polar surface area (TPSA) is 132 Å². The summed E-state index contributed by atoms with van der Waals surface area (Å²) < 4.78 is 22.7. The van der Waals surface area contributed by atoms with Gasteiger partial charge in [-0.15, -0.1) is 0 Å². The van der Waals surface area contributed by atoms with Gasteiger partial charge in [-0.3, -0.25) is 18.9 Å². The third kappa shape index (κ3) is 5.47. The van der Waals surface area contributed by atoms with Gasteiger partial charge in [0.05, 0.1) is 6.61 Å². The van der Waals surface area contributed by atoms with Crippen molar-refractivity contribution >= 4 is 31.8 Å². The second-order valence-corrected chi connectivity index (χ2v) is 8.30. The summed E-state index contributed by atoms with van der Waals surface area (Å²) in [6.45, 7) is 4.12. The van der Waals surface area contributed by atoms with Gasteiger partial charge >= 0.3 is 20.3 Å². The number of ether oxygens (including phenoxy) is 1. The van der Waals surface area contributed by atoms with Crippen molar-refractivity contribution in [3.05, 3.63) is 60.8 Å². The van der Waals surface area contributed by atoms with Gasteiger partial charge in [0.1, 0.15) is 23.1 Å². The zero-order valence-electron chi connectivity index (χ0n) is 16.6. The predicted molar refractivity (Wildman–Crippen MR) is 113 cm³/mol. The normalized spacial score (nSPS) is 22.8. The molecule has 13 heteroatoms. The first-order valence-corrected chi connectivity index (χ1v) is 11.3. The van der Waals surface area contributed by atoms with E-state index in [1.54, 1.807) is 18.2 Å². The van der Waals surface area contributed by atoms with Crippen LogP contribution < -0.4 is 15.8 Å². The Morgan fingerprint density at radius 1 is 1.26 bits per heavy atom. The predicted octanol–water partition coefficient (Wildman–Crippen LogP) is 3.04. The SMILES string of the molecule is CC.O=c1[nH]c(=O)n(C2CCC(C(O)(O)OP3OCc4cc(Cl)ccc4O3)O2)cc1Cl. The lowest BCUT2D eigenvalue weighted by molar-refractivity contribution is -0.346. The minimum absolute atomic E-state index is 0.122. The Morgan fingerprint density at radius 2 is 2.00 bits per heavy atom. The van der Waals surface area contributed by atoms with Gasteiger partial charge in [-0.2, -0.15) is 0 Å². The van der Waals surface area contributed by atoms with Crippen molar-refractivity contribution in [1.82, 2.24) is 9.55 Å². The van der Waals surface area contributed by atoms with Crippen LogP contribution in [0.2, 0.25) is 10.0 Å². The number of hydrogen-bond donors (Lipinski definition) is 3. The Balaban J connectivity index is 0.00000132. The third-order valence-electron chi connectivity index (χ3n) is 4.38. The first-order valence-electron chi connectivity index (χ1n) is 9.42. The molecule has 2 aliphatic rings. The molecule has 0 amide bonds. The highest BCUT2D eigenvalue weighted by molar-refractivity contribution is 7.42. The standard InChI is InChI=1S/C16H15Cl2N2O8P.C2H6/c17-9-1-2-11-8(5-9)7-25-29(27-11)28-16(23,24)12-3-4-13(26-12)20-6-10(18)14(21)19-15(20)22;1-2/h1-2,5-6,12-13,23-24H,3-4,7H2,(H,19,21,22);1-2H3. The van der Waals surface area contributed by atoms with Crippen LogP contribution in [0.4, 0.5) is 0 Å². The molecule has 3 atom stereocenters. The molecule has 1 saturated heterocycles. The maximum atomic E-state index is 12.0. The number of aromatic amines is 1. The highest BCUT2D eigenvalue weighted by Crippen LogP contribution is 2.51. The van der Waals surface area contributed by atoms with Crippen molar-refractivity contribution in [2.45, 2.75) is 51.6 Å². The molecule has 2 aromatic rings. The summed E-state index contributed by atoms with van der Waals surface area (Å²) >= 11 is 11.7. The van der Waals surface area contributed by atoms with Gasteiger partial charge in [0.15, 0.2) is 0 Å². The molecule has 1 aromatic heterocycles. The molecule has 31 heavy (non-hydrogen) atoms. The maximum absolute atomic E-state index is 12.0. The van der Waals surface area contributed by atoms with Crippen molar-refractivity contribution in [3.63, 3.8) is 0 Å². The molecule has 0 spiro atoms. The highest BCUT2D eigenvalue weighted by Gasteiger charge is 2.47. The first-order chi connectivity index (χ1) is 14.7. The largest absolute Gasteiger partial charge is 0.426 e.